The average molecular weight is 304 g/mol. The Bertz CT molecular complexity index is 680. The minimum Gasteiger partial charge on any atom is -0.494 e. The van der Waals surface area contributed by atoms with Gasteiger partial charge in [-0.1, -0.05) is 18.2 Å². The summed E-state index contributed by atoms with van der Waals surface area (Å²) < 4.78 is 23.9. The van der Waals surface area contributed by atoms with E-state index >= 15 is 0 Å². The van der Waals surface area contributed by atoms with Gasteiger partial charge < -0.3 is 14.6 Å². The largest absolute Gasteiger partial charge is 0.494 e. The van der Waals surface area contributed by atoms with Crippen molar-refractivity contribution in [3.05, 3.63) is 64.5 Å². The molecular formula is C17H17FO4. The molecule has 116 valence electrons. The van der Waals surface area contributed by atoms with Gasteiger partial charge in [-0.2, -0.15) is 0 Å². The molecule has 2 aromatic carbocycles. The monoisotopic (exact) mass is 304 g/mol. The van der Waals surface area contributed by atoms with Gasteiger partial charge in [0.25, 0.3) is 0 Å². The quantitative estimate of drug-likeness (QED) is 0.882. The van der Waals surface area contributed by atoms with Crippen molar-refractivity contribution < 1.29 is 23.8 Å². The first-order chi connectivity index (χ1) is 10.5. The van der Waals surface area contributed by atoms with Gasteiger partial charge in [0.2, 0.25) is 0 Å². The summed E-state index contributed by atoms with van der Waals surface area (Å²) in [5.41, 5.74) is 1.61. The topological polar surface area (TPSA) is 55.8 Å². The number of aliphatic hydroxyl groups is 1. The third kappa shape index (κ3) is 2.94. The highest BCUT2D eigenvalue weighted by Crippen LogP contribution is 2.32. The lowest BCUT2D eigenvalue weighted by Gasteiger charge is -2.17. The van der Waals surface area contributed by atoms with Crippen LogP contribution in [-0.4, -0.2) is 25.3 Å². The van der Waals surface area contributed by atoms with Crippen LogP contribution >= 0.6 is 0 Å². The number of carbonyl (C=O) groups is 1. The van der Waals surface area contributed by atoms with E-state index in [4.69, 9.17) is 4.74 Å². The van der Waals surface area contributed by atoms with Crippen LogP contribution < -0.4 is 4.74 Å². The maximum atomic E-state index is 14.4. The normalized spacial score (nSPS) is 11.9. The van der Waals surface area contributed by atoms with E-state index in [0.29, 0.717) is 16.7 Å². The Morgan fingerprint density at radius 3 is 2.32 bits per heavy atom. The second-order valence-electron chi connectivity index (χ2n) is 4.83. The average Bonchev–Trinajstić information content (AvgIpc) is 2.54. The number of carbonyl (C=O) groups excluding carboxylic acids is 1. The molecule has 0 spiro atoms. The van der Waals surface area contributed by atoms with Gasteiger partial charge in [0.15, 0.2) is 11.6 Å². The van der Waals surface area contributed by atoms with Crippen LogP contribution in [0.15, 0.2) is 36.4 Å². The summed E-state index contributed by atoms with van der Waals surface area (Å²) in [7, 11) is 2.66. The molecule has 0 heterocycles. The van der Waals surface area contributed by atoms with E-state index in [9.17, 15) is 14.3 Å². The minimum atomic E-state index is -1.15. The summed E-state index contributed by atoms with van der Waals surface area (Å²) in [6.07, 6.45) is -1.15. The lowest BCUT2D eigenvalue weighted by atomic mass is 9.96. The second-order valence-corrected chi connectivity index (χ2v) is 4.83. The number of rotatable bonds is 4. The van der Waals surface area contributed by atoms with Gasteiger partial charge in [-0.25, -0.2) is 9.18 Å². The third-order valence-electron chi connectivity index (χ3n) is 3.50. The van der Waals surface area contributed by atoms with Crippen LogP contribution in [0.2, 0.25) is 0 Å². The minimum absolute atomic E-state index is 0.0748. The summed E-state index contributed by atoms with van der Waals surface area (Å²) in [6, 6.07) is 9.38. The summed E-state index contributed by atoms with van der Waals surface area (Å²) in [6.45, 7) is 1.71. The van der Waals surface area contributed by atoms with Crippen molar-refractivity contribution >= 4 is 5.97 Å². The number of hydrogen-bond donors (Lipinski definition) is 1. The zero-order chi connectivity index (χ0) is 16.3. The highest BCUT2D eigenvalue weighted by atomic mass is 19.1. The highest BCUT2D eigenvalue weighted by molar-refractivity contribution is 5.89. The van der Waals surface area contributed by atoms with Crippen molar-refractivity contribution in [3.8, 4) is 5.75 Å². The van der Waals surface area contributed by atoms with Gasteiger partial charge in [0.05, 0.1) is 19.8 Å². The molecule has 5 heteroatoms. The van der Waals surface area contributed by atoms with Crippen LogP contribution in [0.5, 0.6) is 5.75 Å². The lowest BCUT2D eigenvalue weighted by Crippen LogP contribution is -2.07. The number of esters is 1. The summed E-state index contributed by atoms with van der Waals surface area (Å²) >= 11 is 0. The van der Waals surface area contributed by atoms with Crippen molar-refractivity contribution in [2.24, 2.45) is 0 Å². The zero-order valence-corrected chi connectivity index (χ0v) is 12.6. The van der Waals surface area contributed by atoms with Crippen molar-refractivity contribution in [1.29, 1.82) is 0 Å². The fourth-order valence-electron chi connectivity index (χ4n) is 2.25. The van der Waals surface area contributed by atoms with Gasteiger partial charge in [-0.3, -0.25) is 0 Å². The molecule has 1 N–H and O–H groups in total. The number of hydrogen-bond acceptors (Lipinski definition) is 4. The third-order valence-corrected chi connectivity index (χ3v) is 3.50. The van der Waals surface area contributed by atoms with Crippen molar-refractivity contribution in [2.45, 2.75) is 13.0 Å². The zero-order valence-electron chi connectivity index (χ0n) is 12.6. The van der Waals surface area contributed by atoms with Crippen LogP contribution in [-0.2, 0) is 4.74 Å². The van der Waals surface area contributed by atoms with Crippen molar-refractivity contribution in [1.82, 2.24) is 0 Å². The second kappa shape index (κ2) is 6.58. The molecule has 0 aliphatic heterocycles. The Balaban J connectivity index is 2.40. The van der Waals surface area contributed by atoms with Crippen LogP contribution in [0.4, 0.5) is 4.39 Å². The van der Waals surface area contributed by atoms with Crippen LogP contribution in [0.1, 0.15) is 33.2 Å². The van der Waals surface area contributed by atoms with Gasteiger partial charge in [0.1, 0.15) is 6.10 Å². The molecule has 4 nitrogen and oxygen atoms in total. The Hall–Kier alpha value is -2.40. The molecule has 0 amide bonds. The predicted molar refractivity (Wildman–Crippen MR) is 79.5 cm³/mol. The molecular weight excluding hydrogens is 287 g/mol. The summed E-state index contributed by atoms with van der Waals surface area (Å²) in [5, 5.41) is 10.4. The maximum Gasteiger partial charge on any atom is 0.337 e. The van der Waals surface area contributed by atoms with Crippen LogP contribution in [0.3, 0.4) is 0 Å². The molecule has 2 rings (SSSR count). The molecule has 0 bridgehead atoms. The summed E-state index contributed by atoms with van der Waals surface area (Å²) in [4.78, 5) is 11.4. The Kier molecular flexibility index (Phi) is 4.78. The molecule has 22 heavy (non-hydrogen) atoms. The maximum absolute atomic E-state index is 14.4. The van der Waals surface area contributed by atoms with E-state index in [-0.39, 0.29) is 11.3 Å². The number of ether oxygens (including phenoxy) is 2. The molecule has 2 aromatic rings. The first-order valence-electron chi connectivity index (χ1n) is 6.69. The smallest absolute Gasteiger partial charge is 0.337 e. The molecule has 0 aliphatic rings. The van der Waals surface area contributed by atoms with E-state index in [2.05, 4.69) is 4.74 Å². The van der Waals surface area contributed by atoms with E-state index in [1.165, 1.54) is 32.4 Å². The fourth-order valence-corrected chi connectivity index (χ4v) is 2.25. The Morgan fingerprint density at radius 2 is 1.77 bits per heavy atom. The molecule has 0 radical (unpaired) electrons. The molecule has 0 aromatic heterocycles. The molecule has 0 aliphatic carbocycles. The number of benzene rings is 2. The number of methoxy groups -OCH3 is 2. The summed E-state index contributed by atoms with van der Waals surface area (Å²) in [5.74, 6) is -0.984. The highest BCUT2D eigenvalue weighted by Gasteiger charge is 2.21. The first kappa shape index (κ1) is 16.0. The molecule has 0 saturated heterocycles. The lowest BCUT2D eigenvalue weighted by molar-refractivity contribution is 0.0600. The van der Waals surface area contributed by atoms with Crippen molar-refractivity contribution in [2.75, 3.05) is 14.2 Å². The predicted octanol–water partition coefficient (Wildman–Crippen LogP) is 3.01. The van der Waals surface area contributed by atoms with Gasteiger partial charge in [-0.05, 0) is 36.2 Å². The SMILES string of the molecule is COC(=O)c1ccc(C(O)c2c(C)ccc(OC)c2F)cc1. The Labute approximate surface area is 128 Å². The van der Waals surface area contributed by atoms with Crippen LogP contribution in [0.25, 0.3) is 0 Å². The van der Waals surface area contributed by atoms with E-state index in [0.717, 1.165) is 0 Å². The van der Waals surface area contributed by atoms with Gasteiger partial charge in [-0.15, -0.1) is 0 Å². The molecule has 1 unspecified atom stereocenters. The standard InChI is InChI=1S/C17H17FO4/c1-10-4-9-13(21-2)15(18)14(10)16(19)11-5-7-12(8-6-11)17(20)22-3/h4-9,16,19H,1-3H3. The van der Waals surface area contributed by atoms with Gasteiger partial charge in [0, 0.05) is 5.56 Å². The van der Waals surface area contributed by atoms with E-state index < -0.39 is 17.9 Å². The molecule has 0 saturated carbocycles. The Morgan fingerprint density at radius 1 is 1.14 bits per heavy atom. The molecule has 1 atom stereocenters. The first-order valence-corrected chi connectivity index (χ1v) is 6.69. The van der Waals surface area contributed by atoms with E-state index in [1.807, 2.05) is 0 Å². The van der Waals surface area contributed by atoms with Crippen LogP contribution in [0, 0.1) is 12.7 Å². The fraction of sp³-hybridized carbons (Fsp3) is 0.235. The number of aryl methyl sites for hydroxylation is 1. The van der Waals surface area contributed by atoms with Crippen molar-refractivity contribution in [3.63, 3.8) is 0 Å². The molecule has 0 fully saturated rings. The number of aliphatic hydroxyl groups excluding tert-OH is 1. The number of halogens is 1. The van der Waals surface area contributed by atoms with E-state index in [1.54, 1.807) is 25.1 Å². The van der Waals surface area contributed by atoms with Gasteiger partial charge >= 0.3 is 5.97 Å².